The zero-order valence-electron chi connectivity index (χ0n) is 35.2. The second-order valence-corrected chi connectivity index (χ2v) is 29.7. The molecule has 0 amide bonds. The number of likely N-dealkylation sites (tertiary alicyclic amines) is 3. The van der Waals surface area contributed by atoms with E-state index >= 15 is 0 Å². The van der Waals surface area contributed by atoms with Crippen LogP contribution in [0.25, 0.3) is 0 Å². The minimum absolute atomic E-state index is 1.10. The Labute approximate surface area is 332 Å². The first-order valence-electron chi connectivity index (χ1n) is 26.0. The largest absolute Gasteiger partial charge is 0.328 e. The van der Waals surface area contributed by atoms with Gasteiger partial charge in [-0.05, 0) is 203 Å². The van der Waals surface area contributed by atoms with Crippen molar-refractivity contribution in [3.63, 3.8) is 0 Å². The summed E-state index contributed by atoms with van der Waals surface area (Å²) >= 11 is 0. The second-order valence-electron chi connectivity index (χ2n) is 29.7. The Bertz CT molecular complexity index is 1800. The molecule has 34 unspecified atom stereocenters. The summed E-state index contributed by atoms with van der Waals surface area (Å²) in [5, 5.41) is 0. The first-order valence-corrected chi connectivity index (χ1v) is 26.0. The third-order valence-corrected chi connectivity index (χ3v) is 28.7. The fourth-order valence-electron chi connectivity index (χ4n) is 31.1. The van der Waals surface area contributed by atoms with Crippen molar-refractivity contribution >= 4 is 0 Å². The van der Waals surface area contributed by atoms with Gasteiger partial charge in [0.15, 0.2) is 0 Å². The maximum atomic E-state index is 2.74. The van der Waals surface area contributed by atoms with Crippen LogP contribution in [0.2, 0.25) is 0 Å². The molecule has 55 heavy (non-hydrogen) atoms. The Kier molecular flexibility index (Phi) is 4.45. The van der Waals surface area contributed by atoms with E-state index in [1.807, 2.05) is 0 Å². The lowest BCUT2D eigenvalue weighted by atomic mass is 9.42. The Morgan fingerprint density at radius 2 is 0.327 bits per heavy atom. The van der Waals surface area contributed by atoms with Gasteiger partial charge in [0.25, 0.3) is 0 Å². The first kappa shape index (κ1) is 30.0. The molecule has 19 fully saturated rings. The molecule has 19 rings (SSSR count). The topological polar surface area (TPSA) is 0 Å². The highest BCUT2D eigenvalue weighted by Gasteiger charge is 2.92. The van der Waals surface area contributed by atoms with Crippen LogP contribution in [0.4, 0.5) is 0 Å². The highest BCUT2D eigenvalue weighted by atomic mass is 15.3. The van der Waals surface area contributed by atoms with E-state index in [2.05, 4.69) is 42.3 Å². The van der Waals surface area contributed by atoms with E-state index in [4.69, 9.17) is 0 Å². The highest BCUT2D eigenvalue weighted by molar-refractivity contribution is 5.37. The van der Waals surface area contributed by atoms with Crippen molar-refractivity contribution in [3.05, 3.63) is 0 Å². The molecule has 0 aromatic heterocycles. The number of rotatable bonds is 0. The van der Waals surface area contributed by atoms with Crippen molar-refractivity contribution in [2.45, 2.75) is 25.7 Å². The van der Waals surface area contributed by atoms with Crippen molar-refractivity contribution in [1.29, 1.82) is 0 Å². The quantitative estimate of drug-likeness (QED) is 0.259. The molecule has 34 atom stereocenters. The first-order chi connectivity index (χ1) is 26.5. The Morgan fingerprint density at radius 3 is 0.545 bits per heavy atom. The number of hydrogen-bond acceptors (Lipinski definition) is 0. The van der Waals surface area contributed by atoms with Crippen LogP contribution in [0.3, 0.4) is 0 Å². The summed E-state index contributed by atoms with van der Waals surface area (Å²) in [6.07, 6.45) is 6.86. The van der Waals surface area contributed by atoms with E-state index < -0.39 is 0 Å². The molecule has 3 aliphatic heterocycles. The Morgan fingerprint density at radius 1 is 0.182 bits per heavy atom. The second kappa shape index (κ2) is 8.16. The molecule has 3 nitrogen and oxygen atoms in total. The predicted molar refractivity (Wildman–Crippen MR) is 210 cm³/mol. The SMILES string of the molecule is C[N+]1(C)CC2C(C1)C1C3CCC4C5C6C[N+](C)(C)CC6C6C7C8C[N+](C)(C)CC8C8C9CCC%10C2C2C1C1C3C4C3C5C6C4C7C8C5C9C%10C2C2C1C3C4C52. The summed E-state index contributed by atoms with van der Waals surface area (Å²) in [6, 6.07) is 0. The van der Waals surface area contributed by atoms with Gasteiger partial charge in [-0.1, -0.05) is 0 Å². The Hall–Kier alpha value is -0.120. The molecule has 3 saturated heterocycles. The van der Waals surface area contributed by atoms with Gasteiger partial charge in [-0.15, -0.1) is 0 Å². The van der Waals surface area contributed by atoms with Crippen LogP contribution in [0.5, 0.6) is 0 Å². The predicted octanol–water partition coefficient (Wildman–Crippen LogP) is 6.22. The van der Waals surface area contributed by atoms with Gasteiger partial charge in [0.1, 0.15) is 0 Å². The van der Waals surface area contributed by atoms with Gasteiger partial charge in [0.2, 0.25) is 0 Å². The normalized spacial score (nSPS) is 80.6. The van der Waals surface area contributed by atoms with Gasteiger partial charge in [-0.25, -0.2) is 0 Å². The fraction of sp³-hybridized carbons (Fsp3) is 1.00. The van der Waals surface area contributed by atoms with E-state index in [-0.39, 0.29) is 0 Å². The highest BCUT2D eigenvalue weighted by Crippen LogP contribution is 2.94. The van der Waals surface area contributed by atoms with Gasteiger partial charge < -0.3 is 13.4 Å². The summed E-state index contributed by atoms with van der Waals surface area (Å²) in [4.78, 5) is 0. The average Bonchev–Trinajstić information content (AvgIpc) is 3.98. The van der Waals surface area contributed by atoms with Gasteiger partial charge in [0.05, 0.1) is 81.6 Å². The summed E-state index contributed by atoms with van der Waals surface area (Å²) in [5.74, 6) is 42.6. The maximum Gasteiger partial charge on any atom is 0.0819 e. The summed E-state index contributed by atoms with van der Waals surface area (Å²) < 4.78 is 4.18. The molecule has 3 heteroatoms. The van der Waals surface area contributed by atoms with Crippen LogP contribution in [-0.2, 0) is 0 Å². The zero-order chi connectivity index (χ0) is 35.4. The van der Waals surface area contributed by atoms with Crippen LogP contribution < -0.4 is 0 Å². The lowest BCUT2D eigenvalue weighted by Crippen LogP contribution is -2.59. The molecular weight excluding hydrogens is 667 g/mol. The van der Waals surface area contributed by atoms with Crippen molar-refractivity contribution < 1.29 is 13.4 Å². The molecule has 0 bridgehead atoms. The van der Waals surface area contributed by atoms with Gasteiger partial charge in [0, 0.05) is 35.5 Å². The van der Waals surface area contributed by atoms with Crippen LogP contribution in [-0.4, -0.2) is 95.0 Å². The molecule has 294 valence electrons. The maximum absolute atomic E-state index is 2.74. The van der Waals surface area contributed by atoms with Crippen molar-refractivity contribution in [3.8, 4) is 0 Å². The molecule has 0 aromatic rings. The van der Waals surface area contributed by atoms with Crippen LogP contribution in [0.15, 0.2) is 0 Å². The van der Waals surface area contributed by atoms with E-state index in [1.165, 1.54) is 155 Å². The lowest BCUT2D eigenvalue weighted by molar-refractivity contribution is -0.881. The molecule has 0 N–H and O–H groups in total. The lowest BCUT2D eigenvalue weighted by Gasteiger charge is -2.62. The number of hydrogen-bond donors (Lipinski definition) is 0. The van der Waals surface area contributed by atoms with Crippen molar-refractivity contribution in [2.24, 2.45) is 213 Å². The smallest absolute Gasteiger partial charge is 0.0819 e. The molecular formula is C52H74N3+3. The molecule has 0 spiro atoms. The van der Waals surface area contributed by atoms with Crippen molar-refractivity contribution in [1.82, 2.24) is 0 Å². The molecule has 3 heterocycles. The molecule has 16 saturated carbocycles. The molecule has 16 aliphatic carbocycles. The van der Waals surface area contributed by atoms with Gasteiger partial charge >= 0.3 is 0 Å². The standard InChI is InChI=1S/C52H74N3/c1-53(2)11-21-22(12-53)28-18-8-10-20-30-24-14-55(5,6)16-26(24)36-35-25-15-54(3,4)13-23(25)29-19-9-7-17-27(21)37-38(28)42-32(18)34(20)44-40(30)46(36)47-45(35)39(29)43-33(19)31(17)41(37)48-49(42)51(44)52(47)50(43)48/h17-52H,7-16H2,1-6H3/q+3. The minimum atomic E-state index is 1.10. The molecule has 0 aromatic carbocycles. The summed E-state index contributed by atoms with van der Waals surface area (Å²) in [6.45, 7) is 9.50. The van der Waals surface area contributed by atoms with E-state index in [9.17, 15) is 0 Å². The summed E-state index contributed by atoms with van der Waals surface area (Å²) in [7, 11) is 16.4. The molecule has 0 radical (unpaired) electrons. The van der Waals surface area contributed by atoms with Crippen LogP contribution in [0.1, 0.15) is 25.7 Å². The third kappa shape index (κ3) is 2.61. The molecule has 19 aliphatic rings. The van der Waals surface area contributed by atoms with Crippen LogP contribution in [0, 0.1) is 213 Å². The number of nitrogens with zero attached hydrogens (tertiary/aromatic N) is 3. The zero-order valence-corrected chi connectivity index (χ0v) is 35.2. The summed E-state index contributed by atoms with van der Waals surface area (Å²) in [5.41, 5.74) is 0. The fourth-order valence-corrected chi connectivity index (χ4v) is 31.1. The third-order valence-electron chi connectivity index (χ3n) is 28.7. The number of quaternary nitrogens is 3. The van der Waals surface area contributed by atoms with Crippen molar-refractivity contribution in [2.75, 3.05) is 81.6 Å². The Balaban J connectivity index is 0.940. The van der Waals surface area contributed by atoms with E-state index in [0.717, 1.165) is 71.0 Å². The van der Waals surface area contributed by atoms with Crippen LogP contribution >= 0.6 is 0 Å². The van der Waals surface area contributed by atoms with E-state index in [1.54, 1.807) is 65.0 Å². The van der Waals surface area contributed by atoms with Gasteiger partial charge in [-0.2, -0.15) is 0 Å². The monoisotopic (exact) mass is 741 g/mol. The number of fused-ring (bicyclic) bond motifs is 14. The van der Waals surface area contributed by atoms with Gasteiger partial charge in [-0.3, -0.25) is 0 Å². The average molecular weight is 741 g/mol. The van der Waals surface area contributed by atoms with E-state index in [0.29, 0.717) is 0 Å². The minimum Gasteiger partial charge on any atom is -0.328 e.